The molecule has 0 atom stereocenters. The molecule has 0 radical (unpaired) electrons. The van der Waals surface area contributed by atoms with Crippen molar-refractivity contribution in [2.75, 3.05) is 46.3 Å². The molecule has 156 valence electrons. The smallest absolute Gasteiger partial charge is 0.191 e. The van der Waals surface area contributed by atoms with Crippen molar-refractivity contribution in [2.24, 2.45) is 4.99 Å². The molecule has 5 nitrogen and oxygen atoms in total. The number of likely N-dealkylation sites (tertiary alicyclic amines) is 1. The van der Waals surface area contributed by atoms with Crippen LogP contribution in [0.2, 0.25) is 0 Å². The van der Waals surface area contributed by atoms with Crippen molar-refractivity contribution in [3.05, 3.63) is 0 Å². The molecule has 0 aromatic rings. The first kappa shape index (κ1) is 25.9. The summed E-state index contributed by atoms with van der Waals surface area (Å²) < 4.78 is 0. The van der Waals surface area contributed by atoms with Crippen LogP contribution in [-0.4, -0.2) is 73.7 Å². The van der Waals surface area contributed by atoms with Crippen LogP contribution in [0.4, 0.5) is 0 Å². The molecule has 0 unspecified atom stereocenters. The number of rotatable bonds is 10. The average molecular weight is 482 g/mol. The monoisotopic (exact) mass is 481 g/mol. The first-order chi connectivity index (χ1) is 11.9. The molecule has 1 aliphatic heterocycles. The van der Waals surface area contributed by atoms with Crippen LogP contribution >= 0.6 is 24.0 Å². The largest absolute Gasteiger partial charge is 0.357 e. The van der Waals surface area contributed by atoms with Gasteiger partial charge < -0.3 is 15.5 Å². The minimum Gasteiger partial charge on any atom is -0.357 e. The van der Waals surface area contributed by atoms with Gasteiger partial charge >= 0.3 is 0 Å². The van der Waals surface area contributed by atoms with Crippen molar-refractivity contribution < 1.29 is 0 Å². The van der Waals surface area contributed by atoms with Crippen LogP contribution in [0, 0.1) is 0 Å². The Bertz CT molecular complexity index is 378. The van der Waals surface area contributed by atoms with Gasteiger partial charge in [-0.25, -0.2) is 0 Å². The zero-order valence-corrected chi connectivity index (χ0v) is 20.4. The predicted octanol–water partition coefficient (Wildman–Crippen LogP) is 3.54. The maximum atomic E-state index is 4.86. The van der Waals surface area contributed by atoms with Crippen LogP contribution < -0.4 is 10.6 Å². The molecule has 1 fully saturated rings. The Morgan fingerprint density at radius 1 is 1.12 bits per heavy atom. The van der Waals surface area contributed by atoms with E-state index in [-0.39, 0.29) is 29.5 Å². The zero-order chi connectivity index (χ0) is 18.7. The molecule has 0 bridgehead atoms. The average Bonchev–Trinajstić information content (AvgIpc) is 2.59. The third-order valence-corrected chi connectivity index (χ3v) is 5.29. The van der Waals surface area contributed by atoms with E-state index < -0.39 is 0 Å². The SMILES string of the molecule is CCNC(=NCC(C)(C)N1CCCCC1)NCCCCN(C)C(C)C.I. The quantitative estimate of drug-likeness (QED) is 0.217. The van der Waals surface area contributed by atoms with E-state index in [1.165, 1.54) is 45.2 Å². The van der Waals surface area contributed by atoms with Crippen molar-refractivity contribution in [1.82, 2.24) is 20.4 Å². The van der Waals surface area contributed by atoms with E-state index in [0.29, 0.717) is 6.04 Å². The Morgan fingerprint density at radius 3 is 2.35 bits per heavy atom. The molecule has 1 aliphatic rings. The Hall–Kier alpha value is -0.0800. The second-order valence-corrected chi connectivity index (χ2v) is 8.26. The number of guanidine groups is 1. The highest BCUT2D eigenvalue weighted by Gasteiger charge is 2.27. The maximum absolute atomic E-state index is 4.86. The van der Waals surface area contributed by atoms with E-state index in [9.17, 15) is 0 Å². The summed E-state index contributed by atoms with van der Waals surface area (Å²) in [4.78, 5) is 9.87. The van der Waals surface area contributed by atoms with Crippen molar-refractivity contribution in [1.29, 1.82) is 0 Å². The van der Waals surface area contributed by atoms with Crippen LogP contribution in [0.1, 0.15) is 66.7 Å². The highest BCUT2D eigenvalue weighted by Crippen LogP contribution is 2.20. The van der Waals surface area contributed by atoms with Crippen LogP contribution in [0.15, 0.2) is 4.99 Å². The standard InChI is InChI=1S/C20H43N5.HI/c1-7-21-19(22-13-9-12-14-24(6)18(2)3)23-17-20(4,5)25-15-10-8-11-16-25;/h18H,7-17H2,1-6H3,(H2,21,22,23);1H. The van der Waals surface area contributed by atoms with Gasteiger partial charge in [0.25, 0.3) is 0 Å². The van der Waals surface area contributed by atoms with Crippen molar-refractivity contribution in [3.63, 3.8) is 0 Å². The number of piperidine rings is 1. The number of nitrogens with zero attached hydrogens (tertiary/aromatic N) is 3. The van der Waals surface area contributed by atoms with Crippen LogP contribution in [-0.2, 0) is 0 Å². The fourth-order valence-corrected chi connectivity index (χ4v) is 3.16. The zero-order valence-electron chi connectivity index (χ0n) is 18.1. The lowest BCUT2D eigenvalue weighted by atomic mass is 9.99. The Balaban J connectivity index is 0.00000625. The molecular weight excluding hydrogens is 437 g/mol. The highest BCUT2D eigenvalue weighted by molar-refractivity contribution is 14.0. The van der Waals surface area contributed by atoms with Gasteiger partial charge in [0.15, 0.2) is 5.96 Å². The number of hydrogen-bond acceptors (Lipinski definition) is 3. The second kappa shape index (κ2) is 14.0. The Kier molecular flexibility index (Phi) is 14.0. The molecule has 1 saturated heterocycles. The summed E-state index contributed by atoms with van der Waals surface area (Å²) in [6.07, 6.45) is 6.44. The first-order valence-corrected chi connectivity index (χ1v) is 10.3. The molecule has 6 heteroatoms. The summed E-state index contributed by atoms with van der Waals surface area (Å²) in [5, 5.41) is 6.89. The van der Waals surface area contributed by atoms with Gasteiger partial charge in [-0.3, -0.25) is 9.89 Å². The molecule has 0 amide bonds. The van der Waals surface area contributed by atoms with E-state index in [0.717, 1.165) is 32.1 Å². The summed E-state index contributed by atoms with van der Waals surface area (Å²) in [6.45, 7) is 17.6. The molecule has 0 aromatic heterocycles. The molecule has 0 aromatic carbocycles. The van der Waals surface area contributed by atoms with Gasteiger partial charge in [0.2, 0.25) is 0 Å². The van der Waals surface area contributed by atoms with Gasteiger partial charge in [-0.2, -0.15) is 0 Å². The summed E-state index contributed by atoms with van der Waals surface area (Å²) in [7, 11) is 2.20. The van der Waals surface area contributed by atoms with Gasteiger partial charge in [0, 0.05) is 24.7 Å². The number of unbranched alkanes of at least 4 members (excludes halogenated alkanes) is 1. The minimum absolute atomic E-state index is 0. The molecule has 0 spiro atoms. The van der Waals surface area contributed by atoms with Crippen molar-refractivity contribution in [2.45, 2.75) is 78.3 Å². The lowest BCUT2D eigenvalue weighted by molar-refractivity contribution is 0.102. The molecular formula is C20H44IN5. The van der Waals surface area contributed by atoms with Crippen LogP contribution in [0.25, 0.3) is 0 Å². The lowest BCUT2D eigenvalue weighted by Gasteiger charge is -2.40. The summed E-state index contributed by atoms with van der Waals surface area (Å²) in [5.74, 6) is 0.963. The van der Waals surface area contributed by atoms with E-state index in [2.05, 4.69) is 62.1 Å². The second-order valence-electron chi connectivity index (χ2n) is 8.26. The fourth-order valence-electron chi connectivity index (χ4n) is 3.16. The number of hydrogen-bond donors (Lipinski definition) is 2. The van der Waals surface area contributed by atoms with E-state index in [1.54, 1.807) is 0 Å². The fraction of sp³-hybridized carbons (Fsp3) is 0.950. The molecule has 2 N–H and O–H groups in total. The van der Waals surface area contributed by atoms with Gasteiger partial charge in [-0.15, -0.1) is 24.0 Å². The van der Waals surface area contributed by atoms with Crippen molar-refractivity contribution >= 4 is 29.9 Å². The molecule has 0 aliphatic carbocycles. The Morgan fingerprint density at radius 2 is 1.77 bits per heavy atom. The predicted molar refractivity (Wildman–Crippen MR) is 126 cm³/mol. The third kappa shape index (κ3) is 10.3. The normalized spacial score (nSPS) is 16.7. The lowest BCUT2D eigenvalue weighted by Crippen LogP contribution is -2.49. The van der Waals surface area contributed by atoms with Crippen LogP contribution in [0.3, 0.4) is 0 Å². The van der Waals surface area contributed by atoms with Gasteiger partial charge in [0.05, 0.1) is 6.54 Å². The summed E-state index contributed by atoms with van der Waals surface area (Å²) in [6, 6.07) is 0.629. The number of nitrogens with one attached hydrogen (secondary N) is 2. The topological polar surface area (TPSA) is 42.9 Å². The highest BCUT2D eigenvalue weighted by atomic mass is 127. The third-order valence-electron chi connectivity index (χ3n) is 5.29. The molecule has 0 saturated carbocycles. The van der Waals surface area contributed by atoms with Gasteiger partial charge in [0.1, 0.15) is 0 Å². The van der Waals surface area contributed by atoms with Gasteiger partial charge in [-0.05, 0) is 87.0 Å². The molecule has 26 heavy (non-hydrogen) atoms. The summed E-state index contributed by atoms with van der Waals surface area (Å²) >= 11 is 0. The maximum Gasteiger partial charge on any atom is 0.191 e. The summed E-state index contributed by atoms with van der Waals surface area (Å²) in [5.41, 5.74) is 0.142. The first-order valence-electron chi connectivity index (χ1n) is 10.3. The number of halogens is 1. The van der Waals surface area contributed by atoms with Gasteiger partial charge in [-0.1, -0.05) is 6.42 Å². The van der Waals surface area contributed by atoms with E-state index >= 15 is 0 Å². The van der Waals surface area contributed by atoms with E-state index in [4.69, 9.17) is 4.99 Å². The number of aliphatic imine (C=N–C) groups is 1. The van der Waals surface area contributed by atoms with Crippen molar-refractivity contribution in [3.8, 4) is 0 Å². The van der Waals surface area contributed by atoms with E-state index in [1.807, 2.05) is 0 Å². The molecule has 1 heterocycles. The minimum atomic E-state index is 0. The molecule has 1 rings (SSSR count). The van der Waals surface area contributed by atoms with Crippen LogP contribution in [0.5, 0.6) is 0 Å². The Labute approximate surface area is 179 Å².